The average Bonchev–Trinajstić information content (AvgIpc) is 2.95. The molecule has 0 aromatic carbocycles. The summed E-state index contributed by atoms with van der Waals surface area (Å²) in [5.41, 5.74) is 8.75. The number of rotatable bonds is 3. The number of anilines is 2. The summed E-state index contributed by atoms with van der Waals surface area (Å²) in [7, 11) is 0. The van der Waals surface area contributed by atoms with E-state index in [0.29, 0.717) is 22.9 Å². The summed E-state index contributed by atoms with van der Waals surface area (Å²) in [6.07, 6.45) is 4.04. The Labute approximate surface area is 128 Å². The van der Waals surface area contributed by atoms with E-state index >= 15 is 0 Å². The Morgan fingerprint density at radius 3 is 2.52 bits per heavy atom. The molecule has 2 fully saturated rings. The van der Waals surface area contributed by atoms with Gasteiger partial charge in [-0.15, -0.1) is 0 Å². The lowest BCUT2D eigenvalue weighted by atomic mass is 9.68. The molecule has 4 nitrogen and oxygen atoms in total. The van der Waals surface area contributed by atoms with Crippen LogP contribution in [0.3, 0.4) is 0 Å². The number of nitrogens with two attached hydrogens (primary N) is 1. The fourth-order valence-corrected chi connectivity index (χ4v) is 4.88. The SMILES string of the molecule is Cc1nn(C(C)C)c(NC2C3(C)CCC(C3)C2(C)C)c1N. The van der Waals surface area contributed by atoms with Gasteiger partial charge in [0.25, 0.3) is 0 Å². The van der Waals surface area contributed by atoms with Gasteiger partial charge in [0.15, 0.2) is 0 Å². The van der Waals surface area contributed by atoms with Crippen molar-refractivity contribution in [3.05, 3.63) is 5.69 Å². The summed E-state index contributed by atoms with van der Waals surface area (Å²) < 4.78 is 2.05. The Morgan fingerprint density at radius 2 is 2.00 bits per heavy atom. The fourth-order valence-electron chi connectivity index (χ4n) is 4.88. The smallest absolute Gasteiger partial charge is 0.148 e. The van der Waals surface area contributed by atoms with Crippen LogP contribution in [-0.4, -0.2) is 15.8 Å². The van der Waals surface area contributed by atoms with Crippen molar-refractivity contribution in [2.24, 2.45) is 16.7 Å². The van der Waals surface area contributed by atoms with Crippen LogP contribution in [0.15, 0.2) is 0 Å². The molecule has 1 aromatic rings. The molecular formula is C17H30N4. The van der Waals surface area contributed by atoms with Gasteiger partial charge in [0.05, 0.1) is 11.4 Å². The Balaban J connectivity index is 1.97. The highest BCUT2D eigenvalue weighted by Crippen LogP contribution is 2.63. The standard InChI is InChI=1S/C17H30N4/c1-10(2)21-14(13(18)11(3)20-21)19-15-16(4,5)12-7-8-17(15,6)9-12/h10,12,15,19H,7-9,18H2,1-6H3. The molecule has 4 heteroatoms. The zero-order valence-corrected chi connectivity index (χ0v) is 14.3. The molecule has 2 aliphatic carbocycles. The maximum atomic E-state index is 6.30. The van der Waals surface area contributed by atoms with Gasteiger partial charge in [-0.05, 0) is 56.8 Å². The predicted octanol–water partition coefficient (Wildman–Crippen LogP) is 3.98. The highest BCUT2D eigenvalue weighted by Gasteiger charge is 2.59. The number of aryl methyl sites for hydroxylation is 1. The van der Waals surface area contributed by atoms with Crippen LogP contribution in [0.4, 0.5) is 11.5 Å². The normalized spacial score (nSPS) is 33.9. The van der Waals surface area contributed by atoms with Crippen LogP contribution >= 0.6 is 0 Å². The summed E-state index contributed by atoms with van der Waals surface area (Å²) in [5.74, 6) is 1.85. The second-order valence-electron chi connectivity index (χ2n) is 8.38. The summed E-state index contributed by atoms with van der Waals surface area (Å²) in [5, 5.41) is 8.43. The zero-order chi connectivity index (χ0) is 15.6. The molecule has 118 valence electrons. The van der Waals surface area contributed by atoms with Crippen molar-refractivity contribution in [2.45, 2.75) is 72.9 Å². The first-order valence-corrected chi connectivity index (χ1v) is 8.28. The molecule has 21 heavy (non-hydrogen) atoms. The van der Waals surface area contributed by atoms with Crippen LogP contribution in [0, 0.1) is 23.7 Å². The topological polar surface area (TPSA) is 55.9 Å². The van der Waals surface area contributed by atoms with E-state index in [9.17, 15) is 0 Å². The molecule has 1 heterocycles. The first kappa shape index (κ1) is 14.7. The van der Waals surface area contributed by atoms with Crippen LogP contribution in [0.25, 0.3) is 0 Å². The first-order chi connectivity index (χ1) is 9.67. The van der Waals surface area contributed by atoms with Gasteiger partial charge < -0.3 is 11.1 Å². The second-order valence-corrected chi connectivity index (χ2v) is 8.38. The van der Waals surface area contributed by atoms with E-state index in [2.05, 4.69) is 49.7 Å². The van der Waals surface area contributed by atoms with Crippen LogP contribution in [0.1, 0.15) is 65.6 Å². The van der Waals surface area contributed by atoms with Gasteiger partial charge in [0.1, 0.15) is 5.82 Å². The summed E-state index contributed by atoms with van der Waals surface area (Å²) in [6.45, 7) is 13.6. The van der Waals surface area contributed by atoms with Gasteiger partial charge in [-0.25, -0.2) is 4.68 Å². The Morgan fingerprint density at radius 1 is 1.33 bits per heavy atom. The third-order valence-electron chi connectivity index (χ3n) is 6.17. The van der Waals surface area contributed by atoms with Crippen LogP contribution in [0.2, 0.25) is 0 Å². The highest BCUT2D eigenvalue weighted by atomic mass is 15.4. The summed E-state index contributed by atoms with van der Waals surface area (Å²) in [6, 6.07) is 0.789. The van der Waals surface area contributed by atoms with Gasteiger partial charge in [0.2, 0.25) is 0 Å². The lowest BCUT2D eigenvalue weighted by molar-refractivity contribution is 0.154. The molecule has 0 amide bonds. The van der Waals surface area contributed by atoms with E-state index in [-0.39, 0.29) is 0 Å². The van der Waals surface area contributed by atoms with Gasteiger partial charge in [-0.1, -0.05) is 20.8 Å². The minimum atomic E-state index is 0.318. The van der Waals surface area contributed by atoms with Gasteiger partial charge in [-0.2, -0.15) is 5.10 Å². The van der Waals surface area contributed by atoms with E-state index in [1.165, 1.54) is 19.3 Å². The van der Waals surface area contributed by atoms with Crippen molar-refractivity contribution in [2.75, 3.05) is 11.1 Å². The minimum Gasteiger partial charge on any atom is -0.394 e. The molecule has 0 saturated heterocycles. The molecule has 3 unspecified atom stereocenters. The minimum absolute atomic E-state index is 0.318. The average molecular weight is 290 g/mol. The number of nitrogens with one attached hydrogen (secondary N) is 1. The monoisotopic (exact) mass is 290 g/mol. The Kier molecular flexibility index (Phi) is 3.09. The predicted molar refractivity (Wildman–Crippen MR) is 88.4 cm³/mol. The molecule has 1 aromatic heterocycles. The lowest BCUT2D eigenvalue weighted by Gasteiger charge is -2.43. The van der Waals surface area contributed by atoms with E-state index in [1.54, 1.807) is 0 Å². The molecule has 0 aliphatic heterocycles. The van der Waals surface area contributed by atoms with E-state index in [0.717, 1.165) is 23.1 Å². The summed E-state index contributed by atoms with van der Waals surface area (Å²) >= 11 is 0. The maximum absolute atomic E-state index is 6.30. The molecule has 0 radical (unpaired) electrons. The number of aromatic nitrogens is 2. The molecule has 3 atom stereocenters. The van der Waals surface area contributed by atoms with Gasteiger partial charge in [-0.3, -0.25) is 0 Å². The molecule has 3 rings (SSSR count). The quantitative estimate of drug-likeness (QED) is 0.885. The molecule has 2 saturated carbocycles. The summed E-state index contributed by atoms with van der Waals surface area (Å²) in [4.78, 5) is 0. The number of hydrogen-bond donors (Lipinski definition) is 2. The highest BCUT2D eigenvalue weighted by molar-refractivity contribution is 5.65. The van der Waals surface area contributed by atoms with Crippen LogP contribution in [0.5, 0.6) is 0 Å². The maximum Gasteiger partial charge on any atom is 0.148 e. The van der Waals surface area contributed by atoms with Crippen molar-refractivity contribution in [3.8, 4) is 0 Å². The van der Waals surface area contributed by atoms with Crippen molar-refractivity contribution < 1.29 is 0 Å². The second kappa shape index (κ2) is 4.40. The Hall–Kier alpha value is -1.19. The number of fused-ring (bicyclic) bond motifs is 2. The fraction of sp³-hybridized carbons (Fsp3) is 0.824. The largest absolute Gasteiger partial charge is 0.394 e. The van der Waals surface area contributed by atoms with E-state index in [1.807, 2.05) is 6.92 Å². The number of hydrogen-bond acceptors (Lipinski definition) is 3. The van der Waals surface area contributed by atoms with Gasteiger partial charge in [0, 0.05) is 12.1 Å². The van der Waals surface area contributed by atoms with Crippen molar-refractivity contribution in [1.29, 1.82) is 0 Å². The van der Waals surface area contributed by atoms with Crippen molar-refractivity contribution in [3.63, 3.8) is 0 Å². The molecule has 2 aliphatic rings. The molecule has 3 N–H and O–H groups in total. The number of nitrogen functional groups attached to an aromatic ring is 1. The Bertz CT molecular complexity index is 553. The van der Waals surface area contributed by atoms with Gasteiger partial charge >= 0.3 is 0 Å². The number of nitrogens with zero attached hydrogens (tertiary/aromatic N) is 2. The molecule has 2 bridgehead atoms. The van der Waals surface area contributed by atoms with Crippen LogP contribution in [-0.2, 0) is 0 Å². The van der Waals surface area contributed by atoms with E-state index < -0.39 is 0 Å². The lowest BCUT2D eigenvalue weighted by Crippen LogP contribution is -2.46. The van der Waals surface area contributed by atoms with Crippen LogP contribution < -0.4 is 11.1 Å². The van der Waals surface area contributed by atoms with E-state index in [4.69, 9.17) is 5.73 Å². The third-order valence-corrected chi connectivity index (χ3v) is 6.17. The van der Waals surface area contributed by atoms with Crippen molar-refractivity contribution >= 4 is 11.5 Å². The third kappa shape index (κ3) is 1.98. The first-order valence-electron chi connectivity index (χ1n) is 8.28. The molecule has 0 spiro atoms. The zero-order valence-electron chi connectivity index (χ0n) is 14.3. The van der Waals surface area contributed by atoms with Crippen molar-refractivity contribution in [1.82, 2.24) is 9.78 Å². The molecular weight excluding hydrogens is 260 g/mol.